The number of methoxy groups -OCH3 is 1. The summed E-state index contributed by atoms with van der Waals surface area (Å²) in [6.07, 6.45) is 1.55. The summed E-state index contributed by atoms with van der Waals surface area (Å²) in [5, 5.41) is 2.10. The van der Waals surface area contributed by atoms with Gasteiger partial charge in [0.05, 0.1) is 12.6 Å². The number of nitrogens with zero attached hydrogens (tertiary/aromatic N) is 1. The number of likely N-dealkylation sites (tertiary alicyclic amines) is 1. The Kier molecular flexibility index (Phi) is 4.57. The second kappa shape index (κ2) is 6.18. The van der Waals surface area contributed by atoms with Gasteiger partial charge in [0.2, 0.25) is 0 Å². The largest absolute Gasteiger partial charge is 0.380 e. The van der Waals surface area contributed by atoms with E-state index in [1.807, 2.05) is 0 Å². The fourth-order valence-corrected chi connectivity index (χ4v) is 2.89. The number of hydrogen-bond donors (Lipinski definition) is 1. The van der Waals surface area contributed by atoms with Gasteiger partial charge in [0.15, 0.2) is 0 Å². The van der Waals surface area contributed by atoms with Crippen molar-refractivity contribution in [2.24, 2.45) is 5.73 Å². The van der Waals surface area contributed by atoms with E-state index in [4.69, 9.17) is 10.5 Å². The average Bonchev–Trinajstić information content (AvgIpc) is 2.96. The zero-order chi connectivity index (χ0) is 12.1. The third-order valence-electron chi connectivity index (χ3n) is 2.93. The highest BCUT2D eigenvalue weighted by molar-refractivity contribution is 7.10. The summed E-state index contributed by atoms with van der Waals surface area (Å²) in [7, 11) is 1.79. The molecule has 1 unspecified atom stereocenters. The maximum absolute atomic E-state index is 5.36. The quantitative estimate of drug-likeness (QED) is 0.821. The molecule has 3 nitrogen and oxygen atoms in total. The highest BCUT2D eigenvalue weighted by Gasteiger charge is 2.22. The molecule has 0 bridgehead atoms. The van der Waals surface area contributed by atoms with Crippen LogP contribution in [-0.4, -0.2) is 37.7 Å². The zero-order valence-corrected chi connectivity index (χ0v) is 10.9. The van der Waals surface area contributed by atoms with Crippen LogP contribution in [0, 0.1) is 11.8 Å². The number of thiophene rings is 1. The second-order valence-corrected chi connectivity index (χ2v) is 5.18. The van der Waals surface area contributed by atoms with Crippen molar-refractivity contribution in [3.05, 3.63) is 21.9 Å². The average molecular weight is 250 g/mol. The molecule has 0 spiro atoms. The summed E-state index contributed by atoms with van der Waals surface area (Å²) in [5.74, 6) is 5.94. The van der Waals surface area contributed by atoms with Crippen LogP contribution in [0.3, 0.4) is 0 Å². The number of rotatable bonds is 3. The lowest BCUT2D eigenvalue weighted by Crippen LogP contribution is -2.21. The van der Waals surface area contributed by atoms with Gasteiger partial charge in [-0.05, 0) is 12.5 Å². The van der Waals surface area contributed by atoms with Crippen molar-refractivity contribution in [2.45, 2.75) is 19.1 Å². The first-order valence-corrected chi connectivity index (χ1v) is 6.71. The molecular weight excluding hydrogens is 232 g/mol. The molecule has 17 heavy (non-hydrogen) atoms. The topological polar surface area (TPSA) is 38.5 Å². The summed E-state index contributed by atoms with van der Waals surface area (Å²) in [6, 6.07) is 2.16. The van der Waals surface area contributed by atoms with Crippen LogP contribution in [0.1, 0.15) is 16.9 Å². The van der Waals surface area contributed by atoms with Gasteiger partial charge in [0.1, 0.15) is 0 Å². The third kappa shape index (κ3) is 3.55. The normalized spacial score (nSPS) is 20.2. The van der Waals surface area contributed by atoms with Crippen LogP contribution in [0.15, 0.2) is 11.4 Å². The summed E-state index contributed by atoms with van der Waals surface area (Å²) < 4.78 is 5.36. The first-order valence-electron chi connectivity index (χ1n) is 5.83. The van der Waals surface area contributed by atoms with E-state index < -0.39 is 0 Å². The summed E-state index contributed by atoms with van der Waals surface area (Å²) in [4.78, 5) is 3.79. The van der Waals surface area contributed by atoms with Gasteiger partial charge < -0.3 is 10.5 Å². The molecule has 0 amide bonds. The van der Waals surface area contributed by atoms with Gasteiger partial charge in [-0.2, -0.15) is 0 Å². The van der Waals surface area contributed by atoms with Crippen molar-refractivity contribution in [1.29, 1.82) is 0 Å². The van der Waals surface area contributed by atoms with E-state index in [0.717, 1.165) is 31.6 Å². The monoisotopic (exact) mass is 250 g/mol. The number of nitrogens with two attached hydrogens (primary N) is 1. The van der Waals surface area contributed by atoms with Gasteiger partial charge in [0, 0.05) is 42.6 Å². The fraction of sp³-hybridized carbons (Fsp3) is 0.538. The Morgan fingerprint density at radius 2 is 2.53 bits per heavy atom. The molecule has 4 heteroatoms. The minimum atomic E-state index is 0.409. The van der Waals surface area contributed by atoms with Crippen molar-refractivity contribution < 1.29 is 4.74 Å². The Bertz CT molecular complexity index is 419. The number of hydrogen-bond acceptors (Lipinski definition) is 4. The Labute approximate surface area is 107 Å². The smallest absolute Gasteiger partial charge is 0.0710 e. The van der Waals surface area contributed by atoms with Gasteiger partial charge in [-0.15, -0.1) is 11.3 Å². The molecule has 2 N–H and O–H groups in total. The molecule has 1 aromatic heterocycles. The lowest BCUT2D eigenvalue weighted by Gasteiger charge is -2.13. The van der Waals surface area contributed by atoms with Crippen LogP contribution in [0.25, 0.3) is 0 Å². The molecule has 2 heterocycles. The number of ether oxygens (including phenoxy) is 1. The molecule has 1 saturated heterocycles. The van der Waals surface area contributed by atoms with Gasteiger partial charge in [-0.25, -0.2) is 0 Å². The van der Waals surface area contributed by atoms with Crippen LogP contribution in [0.5, 0.6) is 0 Å². The lowest BCUT2D eigenvalue weighted by atomic mass is 10.3. The van der Waals surface area contributed by atoms with Crippen LogP contribution < -0.4 is 5.73 Å². The molecular formula is C13H18N2OS. The van der Waals surface area contributed by atoms with Crippen molar-refractivity contribution in [2.75, 3.05) is 26.7 Å². The predicted octanol–water partition coefficient (Wildman–Crippen LogP) is 1.28. The van der Waals surface area contributed by atoms with Crippen molar-refractivity contribution in [3.8, 4) is 11.8 Å². The second-order valence-electron chi connectivity index (χ2n) is 4.19. The Balaban J connectivity index is 1.89. The van der Waals surface area contributed by atoms with Gasteiger partial charge >= 0.3 is 0 Å². The zero-order valence-electron chi connectivity index (χ0n) is 10.1. The van der Waals surface area contributed by atoms with Crippen molar-refractivity contribution in [1.82, 2.24) is 4.90 Å². The minimum absolute atomic E-state index is 0.409. The van der Waals surface area contributed by atoms with E-state index in [1.165, 1.54) is 4.88 Å². The molecule has 0 saturated carbocycles. The Morgan fingerprint density at radius 1 is 1.65 bits per heavy atom. The maximum atomic E-state index is 5.36. The standard InChI is InChI=1S/C13H18N2OS/c1-16-12-4-6-15(8-12)9-13-7-11(10-17-13)3-2-5-14/h7,10,12H,4-6,8-9,14H2,1H3. The molecule has 0 aromatic carbocycles. The first-order chi connectivity index (χ1) is 8.31. The van der Waals surface area contributed by atoms with E-state index in [2.05, 4.69) is 28.2 Å². The summed E-state index contributed by atoms with van der Waals surface area (Å²) in [6.45, 7) is 3.60. The van der Waals surface area contributed by atoms with E-state index in [-0.39, 0.29) is 0 Å². The van der Waals surface area contributed by atoms with Crippen molar-refractivity contribution >= 4 is 11.3 Å². The van der Waals surface area contributed by atoms with Gasteiger partial charge in [-0.3, -0.25) is 4.90 Å². The predicted molar refractivity (Wildman–Crippen MR) is 70.9 cm³/mol. The van der Waals surface area contributed by atoms with E-state index in [1.54, 1.807) is 18.4 Å². The molecule has 1 aliphatic heterocycles. The Hall–Kier alpha value is -0.860. The SMILES string of the molecule is COC1CCN(Cc2cc(C#CCN)cs2)C1. The Morgan fingerprint density at radius 3 is 3.24 bits per heavy atom. The first kappa shape index (κ1) is 12.6. The van der Waals surface area contributed by atoms with Gasteiger partial charge in [-0.1, -0.05) is 11.8 Å². The highest BCUT2D eigenvalue weighted by Crippen LogP contribution is 2.20. The van der Waals surface area contributed by atoms with Gasteiger partial charge in [0.25, 0.3) is 0 Å². The molecule has 92 valence electrons. The van der Waals surface area contributed by atoms with Crippen LogP contribution in [0.2, 0.25) is 0 Å². The minimum Gasteiger partial charge on any atom is -0.380 e. The molecule has 1 aromatic rings. The molecule has 0 radical (unpaired) electrons. The fourth-order valence-electron chi connectivity index (χ4n) is 2.04. The summed E-state index contributed by atoms with van der Waals surface area (Å²) >= 11 is 1.77. The molecule has 2 rings (SSSR count). The molecule has 0 aliphatic carbocycles. The molecule has 1 fully saturated rings. The molecule has 1 atom stereocenters. The van der Waals surface area contributed by atoms with E-state index >= 15 is 0 Å². The highest BCUT2D eigenvalue weighted by atomic mass is 32.1. The van der Waals surface area contributed by atoms with Crippen LogP contribution >= 0.6 is 11.3 Å². The van der Waals surface area contributed by atoms with Crippen LogP contribution in [-0.2, 0) is 11.3 Å². The lowest BCUT2D eigenvalue weighted by molar-refractivity contribution is 0.107. The van der Waals surface area contributed by atoms with E-state index in [9.17, 15) is 0 Å². The van der Waals surface area contributed by atoms with E-state index in [0.29, 0.717) is 12.6 Å². The molecule has 1 aliphatic rings. The summed E-state index contributed by atoms with van der Waals surface area (Å²) in [5.41, 5.74) is 6.43. The maximum Gasteiger partial charge on any atom is 0.0710 e. The van der Waals surface area contributed by atoms with Crippen molar-refractivity contribution in [3.63, 3.8) is 0 Å². The third-order valence-corrected chi connectivity index (χ3v) is 3.85. The van der Waals surface area contributed by atoms with Crippen LogP contribution in [0.4, 0.5) is 0 Å².